The zero-order chi connectivity index (χ0) is 13.4. The first-order valence-corrected chi connectivity index (χ1v) is 7.72. The van der Waals surface area contributed by atoms with E-state index >= 15 is 0 Å². The van der Waals surface area contributed by atoms with E-state index in [1.807, 2.05) is 6.07 Å². The van der Waals surface area contributed by atoms with E-state index in [-0.39, 0.29) is 11.7 Å². The lowest BCUT2D eigenvalue weighted by molar-refractivity contribution is 0.100. The molecule has 0 aromatic carbocycles. The van der Waals surface area contributed by atoms with Crippen LogP contribution in [0.15, 0.2) is 11.4 Å². The van der Waals surface area contributed by atoms with E-state index in [0.717, 1.165) is 17.7 Å². The molecule has 0 saturated heterocycles. The number of thiazole rings is 1. The van der Waals surface area contributed by atoms with Crippen molar-refractivity contribution in [3.05, 3.63) is 32.5 Å². The molecule has 2 aromatic rings. The quantitative estimate of drug-likeness (QED) is 0.884. The molecule has 1 aliphatic carbocycles. The Morgan fingerprint density at radius 3 is 2.89 bits per heavy atom. The number of rotatable bonds is 3. The zero-order valence-electron chi connectivity index (χ0n) is 10.4. The Kier molecular flexibility index (Phi) is 3.20. The van der Waals surface area contributed by atoms with Crippen LogP contribution in [0.5, 0.6) is 0 Å². The Morgan fingerprint density at radius 1 is 1.37 bits per heavy atom. The Hall–Kier alpha value is -1.53. The second-order valence-corrected chi connectivity index (χ2v) is 6.46. The maximum atomic E-state index is 12.1. The second kappa shape index (κ2) is 4.86. The highest BCUT2D eigenvalue weighted by atomic mass is 32.1. The molecule has 2 heterocycles. The van der Waals surface area contributed by atoms with Crippen LogP contribution in [-0.4, -0.2) is 16.7 Å². The van der Waals surface area contributed by atoms with E-state index in [4.69, 9.17) is 0 Å². The molecule has 0 spiro atoms. The van der Waals surface area contributed by atoms with Gasteiger partial charge in [0, 0.05) is 17.2 Å². The van der Waals surface area contributed by atoms with Gasteiger partial charge in [-0.05, 0) is 30.9 Å². The molecule has 19 heavy (non-hydrogen) atoms. The lowest BCUT2D eigenvalue weighted by Gasteiger charge is -1.98. The van der Waals surface area contributed by atoms with E-state index in [9.17, 15) is 9.59 Å². The summed E-state index contributed by atoms with van der Waals surface area (Å²) in [6.07, 6.45) is 3.35. The number of Topliss-reactive ketones (excluding diaryl/α,β-unsaturated/α-hetero) is 1. The van der Waals surface area contributed by atoms with Crippen LogP contribution in [0.1, 0.15) is 43.9 Å². The SMILES string of the molecule is CC(=O)c1csc(NC(=O)c2cc3c(s2)CCC3)n1. The van der Waals surface area contributed by atoms with E-state index in [1.54, 1.807) is 16.7 Å². The highest BCUT2D eigenvalue weighted by Crippen LogP contribution is 2.31. The molecule has 0 bridgehead atoms. The largest absolute Gasteiger partial charge is 0.297 e. The van der Waals surface area contributed by atoms with Crippen molar-refractivity contribution in [2.45, 2.75) is 26.2 Å². The van der Waals surface area contributed by atoms with Crippen molar-refractivity contribution in [2.75, 3.05) is 5.32 Å². The third kappa shape index (κ3) is 2.46. The topological polar surface area (TPSA) is 59.1 Å². The molecule has 6 heteroatoms. The van der Waals surface area contributed by atoms with Crippen LogP contribution in [-0.2, 0) is 12.8 Å². The third-order valence-corrected chi connectivity index (χ3v) is 5.05. The molecular formula is C13H12N2O2S2. The van der Waals surface area contributed by atoms with Crippen molar-refractivity contribution in [3.8, 4) is 0 Å². The number of carbonyl (C=O) groups is 2. The summed E-state index contributed by atoms with van der Waals surface area (Å²) in [6.45, 7) is 1.46. The molecule has 1 aliphatic rings. The Morgan fingerprint density at radius 2 is 2.21 bits per heavy atom. The van der Waals surface area contributed by atoms with Crippen molar-refractivity contribution >= 4 is 39.5 Å². The number of hydrogen-bond donors (Lipinski definition) is 1. The summed E-state index contributed by atoms with van der Waals surface area (Å²) in [5.74, 6) is -0.226. The molecule has 0 radical (unpaired) electrons. The van der Waals surface area contributed by atoms with Crippen LogP contribution in [0.25, 0.3) is 0 Å². The van der Waals surface area contributed by atoms with Crippen LogP contribution < -0.4 is 5.32 Å². The fourth-order valence-electron chi connectivity index (χ4n) is 2.09. The van der Waals surface area contributed by atoms with Gasteiger partial charge in [0.1, 0.15) is 5.69 Å². The molecule has 0 atom stereocenters. The average Bonchev–Trinajstić information content (AvgIpc) is 3.02. The predicted molar refractivity (Wildman–Crippen MR) is 76.4 cm³/mol. The zero-order valence-corrected chi connectivity index (χ0v) is 12.0. The fraction of sp³-hybridized carbons (Fsp3) is 0.308. The van der Waals surface area contributed by atoms with Gasteiger partial charge in [0.25, 0.3) is 5.91 Å². The van der Waals surface area contributed by atoms with Crippen molar-refractivity contribution in [2.24, 2.45) is 0 Å². The number of ketones is 1. The van der Waals surface area contributed by atoms with E-state index in [1.165, 1.54) is 35.1 Å². The Bertz CT molecular complexity index is 636. The number of nitrogens with zero attached hydrogens (tertiary/aromatic N) is 1. The molecule has 0 aliphatic heterocycles. The summed E-state index contributed by atoms with van der Waals surface area (Å²) < 4.78 is 0. The first kappa shape index (κ1) is 12.5. The smallest absolute Gasteiger partial charge is 0.267 e. The van der Waals surface area contributed by atoms with Gasteiger partial charge in [-0.2, -0.15) is 0 Å². The summed E-state index contributed by atoms with van der Waals surface area (Å²) in [6, 6.07) is 1.97. The molecule has 98 valence electrons. The van der Waals surface area contributed by atoms with E-state index in [2.05, 4.69) is 10.3 Å². The van der Waals surface area contributed by atoms with Crippen molar-refractivity contribution in [1.82, 2.24) is 4.98 Å². The Labute approximate surface area is 118 Å². The first-order chi connectivity index (χ1) is 9.13. The van der Waals surface area contributed by atoms with Gasteiger partial charge >= 0.3 is 0 Å². The number of fused-ring (bicyclic) bond motifs is 1. The molecule has 4 nitrogen and oxygen atoms in total. The fourth-order valence-corrected chi connectivity index (χ4v) is 3.99. The Balaban J connectivity index is 1.74. The normalized spacial score (nSPS) is 13.3. The lowest BCUT2D eigenvalue weighted by Crippen LogP contribution is -2.10. The van der Waals surface area contributed by atoms with Gasteiger partial charge in [-0.1, -0.05) is 0 Å². The molecule has 1 amide bonds. The molecule has 3 rings (SSSR count). The molecule has 0 fully saturated rings. The standard InChI is InChI=1S/C13H12N2O2S2/c1-7(16)9-6-18-13(14-9)15-12(17)11-5-8-3-2-4-10(8)19-11/h5-6H,2-4H2,1H3,(H,14,15,17). The number of nitrogens with one attached hydrogen (secondary N) is 1. The van der Waals surface area contributed by atoms with Crippen LogP contribution >= 0.6 is 22.7 Å². The van der Waals surface area contributed by atoms with Crippen molar-refractivity contribution in [3.63, 3.8) is 0 Å². The number of aromatic nitrogens is 1. The molecule has 0 saturated carbocycles. The highest BCUT2D eigenvalue weighted by Gasteiger charge is 2.19. The van der Waals surface area contributed by atoms with E-state index in [0.29, 0.717) is 10.8 Å². The minimum absolute atomic E-state index is 0.0909. The molecular weight excluding hydrogens is 280 g/mol. The summed E-state index contributed by atoms with van der Waals surface area (Å²) in [5.41, 5.74) is 1.70. The summed E-state index contributed by atoms with van der Waals surface area (Å²) in [5, 5.41) is 4.88. The van der Waals surface area contributed by atoms with Crippen LogP contribution in [0.3, 0.4) is 0 Å². The minimum atomic E-state index is -0.135. The maximum Gasteiger partial charge on any atom is 0.267 e. The van der Waals surface area contributed by atoms with Gasteiger partial charge in [-0.25, -0.2) is 4.98 Å². The highest BCUT2D eigenvalue weighted by molar-refractivity contribution is 7.15. The van der Waals surface area contributed by atoms with Gasteiger partial charge in [-0.3, -0.25) is 14.9 Å². The van der Waals surface area contributed by atoms with Gasteiger partial charge in [0.15, 0.2) is 10.9 Å². The van der Waals surface area contributed by atoms with Gasteiger partial charge < -0.3 is 0 Å². The van der Waals surface area contributed by atoms with Crippen LogP contribution in [0.4, 0.5) is 5.13 Å². The molecule has 1 N–H and O–H groups in total. The van der Waals surface area contributed by atoms with Crippen molar-refractivity contribution in [1.29, 1.82) is 0 Å². The average molecular weight is 292 g/mol. The van der Waals surface area contributed by atoms with Gasteiger partial charge in [0.2, 0.25) is 0 Å². The third-order valence-electron chi connectivity index (χ3n) is 3.06. The minimum Gasteiger partial charge on any atom is -0.297 e. The summed E-state index contributed by atoms with van der Waals surface area (Å²) >= 11 is 2.83. The summed E-state index contributed by atoms with van der Waals surface area (Å²) in [7, 11) is 0. The maximum absolute atomic E-state index is 12.1. The number of thiophene rings is 1. The number of carbonyl (C=O) groups excluding carboxylic acids is 2. The van der Waals surface area contributed by atoms with Gasteiger partial charge in [-0.15, -0.1) is 22.7 Å². The number of aryl methyl sites for hydroxylation is 2. The molecule has 2 aromatic heterocycles. The number of hydrogen-bond acceptors (Lipinski definition) is 5. The van der Waals surface area contributed by atoms with E-state index < -0.39 is 0 Å². The van der Waals surface area contributed by atoms with Crippen molar-refractivity contribution < 1.29 is 9.59 Å². The number of amides is 1. The summed E-state index contributed by atoms with van der Waals surface area (Å²) in [4.78, 5) is 29.4. The van der Waals surface area contributed by atoms with Crippen LogP contribution in [0.2, 0.25) is 0 Å². The lowest BCUT2D eigenvalue weighted by atomic mass is 10.2. The van der Waals surface area contributed by atoms with Crippen LogP contribution in [0, 0.1) is 0 Å². The second-order valence-electron chi connectivity index (χ2n) is 4.46. The molecule has 0 unspecified atom stereocenters. The predicted octanol–water partition coefficient (Wildman–Crippen LogP) is 3.15. The number of anilines is 1. The first-order valence-electron chi connectivity index (χ1n) is 6.03. The van der Waals surface area contributed by atoms with Gasteiger partial charge in [0.05, 0.1) is 4.88 Å². The monoisotopic (exact) mass is 292 g/mol.